The summed E-state index contributed by atoms with van der Waals surface area (Å²) in [6, 6.07) is 4.32. The maximum absolute atomic E-state index is 13.6. The van der Waals surface area contributed by atoms with E-state index in [0.717, 1.165) is 0 Å². The Labute approximate surface area is 111 Å². The first kappa shape index (κ1) is 13.8. The van der Waals surface area contributed by atoms with Gasteiger partial charge in [-0.1, -0.05) is 6.07 Å². The zero-order valence-electron chi connectivity index (χ0n) is 11.0. The first-order chi connectivity index (χ1) is 9.02. The van der Waals surface area contributed by atoms with Crippen molar-refractivity contribution >= 4 is 11.6 Å². The lowest BCUT2D eigenvalue weighted by molar-refractivity contribution is -0.0586. The molecule has 0 radical (unpaired) electrons. The van der Waals surface area contributed by atoms with Crippen molar-refractivity contribution in [3.05, 3.63) is 29.6 Å². The summed E-state index contributed by atoms with van der Waals surface area (Å²) in [5.41, 5.74) is 2.52. The molecule has 1 heterocycles. The molecule has 0 aromatic heterocycles. The van der Waals surface area contributed by atoms with Gasteiger partial charge in [0.05, 0.1) is 23.5 Å². The Hall–Kier alpha value is -1.66. The molecular formula is C13H18FN3O2. The van der Waals surface area contributed by atoms with Gasteiger partial charge in [0.25, 0.3) is 5.91 Å². The van der Waals surface area contributed by atoms with Crippen LogP contribution in [0.2, 0.25) is 0 Å². The summed E-state index contributed by atoms with van der Waals surface area (Å²) in [5, 5.41) is 0. The molecule has 6 heteroatoms. The second-order valence-electron chi connectivity index (χ2n) is 4.77. The molecule has 19 heavy (non-hydrogen) atoms. The molecule has 0 bridgehead atoms. The van der Waals surface area contributed by atoms with E-state index in [4.69, 9.17) is 10.6 Å². The maximum atomic E-state index is 13.6. The Morgan fingerprint density at radius 1 is 1.42 bits per heavy atom. The molecule has 1 aromatic rings. The number of morpholine rings is 1. The van der Waals surface area contributed by atoms with E-state index in [1.165, 1.54) is 12.1 Å². The summed E-state index contributed by atoms with van der Waals surface area (Å²) in [4.78, 5) is 14.1. The van der Waals surface area contributed by atoms with Crippen LogP contribution >= 0.6 is 0 Å². The van der Waals surface area contributed by atoms with E-state index in [-0.39, 0.29) is 29.4 Å². The van der Waals surface area contributed by atoms with E-state index in [9.17, 15) is 9.18 Å². The molecule has 2 atom stereocenters. The smallest absolute Gasteiger partial charge is 0.256 e. The van der Waals surface area contributed by atoms with Gasteiger partial charge in [-0.05, 0) is 26.0 Å². The van der Waals surface area contributed by atoms with E-state index >= 15 is 0 Å². The van der Waals surface area contributed by atoms with Crippen LogP contribution in [-0.2, 0) is 4.74 Å². The quantitative estimate of drug-likeness (QED) is 0.627. The number of amides is 1. The van der Waals surface area contributed by atoms with Crippen molar-refractivity contribution in [2.75, 3.05) is 18.5 Å². The number of nitrogens with zero attached hydrogens (tertiary/aromatic N) is 1. The monoisotopic (exact) mass is 267 g/mol. The van der Waals surface area contributed by atoms with Gasteiger partial charge in [0, 0.05) is 13.1 Å². The fraction of sp³-hybridized carbons (Fsp3) is 0.462. The molecule has 1 saturated heterocycles. The number of rotatable bonds is 2. The number of hydrazine groups is 1. The maximum Gasteiger partial charge on any atom is 0.256 e. The molecule has 1 aliphatic heterocycles. The van der Waals surface area contributed by atoms with E-state index in [2.05, 4.69) is 5.43 Å². The summed E-state index contributed by atoms with van der Waals surface area (Å²) in [6.45, 7) is 4.79. The summed E-state index contributed by atoms with van der Waals surface area (Å²) in [5.74, 6) is 4.51. The predicted octanol–water partition coefficient (Wildman–Crippen LogP) is 1.36. The number of anilines is 1. The number of nitrogen functional groups attached to an aromatic ring is 1. The normalized spacial score (nSPS) is 23.3. The predicted molar refractivity (Wildman–Crippen MR) is 70.1 cm³/mol. The number of carbonyl (C=O) groups excluding carboxylic acids is 1. The molecule has 3 N–H and O–H groups in total. The summed E-state index contributed by atoms with van der Waals surface area (Å²) in [7, 11) is 0. The van der Waals surface area contributed by atoms with Crippen LogP contribution in [0.5, 0.6) is 0 Å². The second kappa shape index (κ2) is 5.54. The molecule has 104 valence electrons. The van der Waals surface area contributed by atoms with Crippen molar-refractivity contribution in [2.24, 2.45) is 5.84 Å². The Kier molecular flexibility index (Phi) is 4.01. The number of carbonyl (C=O) groups is 1. The van der Waals surface area contributed by atoms with Gasteiger partial charge >= 0.3 is 0 Å². The highest BCUT2D eigenvalue weighted by molar-refractivity contribution is 5.99. The highest BCUT2D eigenvalue weighted by Gasteiger charge is 2.28. The number of nitrogens with one attached hydrogen (secondary N) is 1. The molecule has 2 unspecified atom stereocenters. The number of nitrogens with two attached hydrogens (primary N) is 1. The SMILES string of the molecule is CC1CN(C(=O)c2cccc(F)c2NN)CC(C)O1. The third kappa shape index (κ3) is 2.85. The van der Waals surface area contributed by atoms with Crippen molar-refractivity contribution < 1.29 is 13.9 Å². The van der Waals surface area contributed by atoms with E-state index in [0.29, 0.717) is 13.1 Å². The van der Waals surface area contributed by atoms with Crippen LogP contribution in [0, 0.1) is 5.82 Å². The summed E-state index contributed by atoms with van der Waals surface area (Å²) >= 11 is 0. The highest BCUT2D eigenvalue weighted by Crippen LogP contribution is 2.22. The lowest BCUT2D eigenvalue weighted by Gasteiger charge is -2.35. The summed E-state index contributed by atoms with van der Waals surface area (Å²) < 4.78 is 19.2. The molecule has 1 fully saturated rings. The number of para-hydroxylation sites is 1. The minimum Gasteiger partial charge on any atom is -0.372 e. The molecule has 1 aromatic carbocycles. The number of hydrogen-bond donors (Lipinski definition) is 2. The van der Waals surface area contributed by atoms with Crippen molar-refractivity contribution in [2.45, 2.75) is 26.1 Å². The Morgan fingerprint density at radius 3 is 2.63 bits per heavy atom. The first-order valence-electron chi connectivity index (χ1n) is 6.22. The van der Waals surface area contributed by atoms with Crippen LogP contribution in [0.4, 0.5) is 10.1 Å². The third-order valence-corrected chi connectivity index (χ3v) is 3.10. The number of halogens is 1. The lowest BCUT2D eigenvalue weighted by atomic mass is 10.1. The topological polar surface area (TPSA) is 67.6 Å². The molecule has 1 aliphatic rings. The van der Waals surface area contributed by atoms with Crippen LogP contribution in [0.3, 0.4) is 0 Å². The fourth-order valence-corrected chi connectivity index (χ4v) is 2.36. The average molecular weight is 267 g/mol. The van der Waals surface area contributed by atoms with Gasteiger partial charge in [-0.25, -0.2) is 4.39 Å². The zero-order valence-corrected chi connectivity index (χ0v) is 11.0. The van der Waals surface area contributed by atoms with Gasteiger partial charge < -0.3 is 15.1 Å². The van der Waals surface area contributed by atoms with Gasteiger partial charge in [-0.15, -0.1) is 0 Å². The van der Waals surface area contributed by atoms with E-state index < -0.39 is 5.82 Å². The third-order valence-electron chi connectivity index (χ3n) is 3.10. The molecule has 0 spiro atoms. The van der Waals surface area contributed by atoms with Gasteiger partial charge in [0.1, 0.15) is 5.82 Å². The van der Waals surface area contributed by atoms with Crippen LogP contribution in [0.25, 0.3) is 0 Å². The first-order valence-corrected chi connectivity index (χ1v) is 6.22. The number of benzene rings is 1. The van der Waals surface area contributed by atoms with Gasteiger partial charge in [0.15, 0.2) is 0 Å². The molecule has 5 nitrogen and oxygen atoms in total. The number of ether oxygens (including phenoxy) is 1. The highest BCUT2D eigenvalue weighted by atomic mass is 19.1. The van der Waals surface area contributed by atoms with Crippen LogP contribution in [0.1, 0.15) is 24.2 Å². The zero-order chi connectivity index (χ0) is 14.0. The lowest BCUT2D eigenvalue weighted by Crippen LogP contribution is -2.48. The molecule has 1 amide bonds. The van der Waals surface area contributed by atoms with Crippen LogP contribution in [0.15, 0.2) is 18.2 Å². The molecule has 0 aliphatic carbocycles. The summed E-state index contributed by atoms with van der Waals surface area (Å²) in [6.07, 6.45) is -0.0638. The van der Waals surface area contributed by atoms with Gasteiger partial charge in [0.2, 0.25) is 0 Å². The van der Waals surface area contributed by atoms with Crippen molar-refractivity contribution in [3.8, 4) is 0 Å². The number of hydrogen-bond acceptors (Lipinski definition) is 4. The Morgan fingerprint density at radius 2 is 2.05 bits per heavy atom. The minimum atomic E-state index is -0.539. The van der Waals surface area contributed by atoms with Crippen molar-refractivity contribution in [1.82, 2.24) is 4.90 Å². The molecule has 2 rings (SSSR count). The average Bonchev–Trinajstić information content (AvgIpc) is 2.36. The van der Waals surface area contributed by atoms with Gasteiger partial charge in [-0.2, -0.15) is 0 Å². The van der Waals surface area contributed by atoms with E-state index in [1.54, 1.807) is 11.0 Å². The van der Waals surface area contributed by atoms with Crippen LogP contribution in [-0.4, -0.2) is 36.1 Å². The largest absolute Gasteiger partial charge is 0.372 e. The Bertz CT molecular complexity index is 471. The fourth-order valence-electron chi connectivity index (χ4n) is 2.36. The standard InChI is InChI=1S/C13H18FN3O2/c1-8-6-17(7-9(2)19-8)13(18)10-4-3-5-11(14)12(10)16-15/h3-5,8-9,16H,6-7,15H2,1-2H3. The molecular weight excluding hydrogens is 249 g/mol. The van der Waals surface area contributed by atoms with Crippen molar-refractivity contribution in [1.29, 1.82) is 0 Å². The second-order valence-corrected chi connectivity index (χ2v) is 4.77. The van der Waals surface area contributed by atoms with E-state index in [1.807, 2.05) is 13.8 Å². The van der Waals surface area contributed by atoms with Crippen molar-refractivity contribution in [3.63, 3.8) is 0 Å². The van der Waals surface area contributed by atoms with Gasteiger partial charge in [-0.3, -0.25) is 10.6 Å². The Balaban J connectivity index is 2.26. The minimum absolute atomic E-state index is 0.0271. The van der Waals surface area contributed by atoms with Crippen LogP contribution < -0.4 is 11.3 Å². The molecule has 0 saturated carbocycles.